The Morgan fingerprint density at radius 3 is 2.44 bits per heavy atom. The first kappa shape index (κ1) is 11.6. The van der Waals surface area contributed by atoms with Crippen LogP contribution in [0.25, 0.3) is 11.1 Å². The highest BCUT2D eigenvalue weighted by molar-refractivity contribution is 9.11. The molecule has 0 unspecified atom stereocenters. The van der Waals surface area contributed by atoms with Crippen molar-refractivity contribution in [3.63, 3.8) is 0 Å². The molecule has 3 heteroatoms. The van der Waals surface area contributed by atoms with Crippen LogP contribution in [0.3, 0.4) is 0 Å². The number of hydrogen-bond donors (Lipinski definition) is 0. The van der Waals surface area contributed by atoms with E-state index in [1.807, 2.05) is 37.3 Å². The summed E-state index contributed by atoms with van der Waals surface area (Å²) in [6, 6.07) is 10.00. The zero-order valence-corrected chi connectivity index (χ0v) is 11.5. The van der Waals surface area contributed by atoms with E-state index in [2.05, 4.69) is 15.9 Å². The summed E-state index contributed by atoms with van der Waals surface area (Å²) >= 11 is 5.15. The zero-order chi connectivity index (χ0) is 11.7. The van der Waals surface area contributed by atoms with Gasteiger partial charge in [-0.25, -0.2) is 0 Å². The Labute approximate surface area is 107 Å². The maximum Gasteiger partial charge on any atom is 0.161 e. The Morgan fingerprint density at radius 2 is 1.88 bits per heavy atom. The molecular weight excluding hydrogens is 284 g/mol. The third-order valence-electron chi connectivity index (χ3n) is 2.46. The van der Waals surface area contributed by atoms with Crippen LogP contribution in [-0.4, -0.2) is 5.78 Å². The summed E-state index contributed by atoms with van der Waals surface area (Å²) in [7, 11) is 0. The van der Waals surface area contributed by atoms with Gasteiger partial charge in [0.05, 0.1) is 3.79 Å². The molecule has 1 aromatic carbocycles. The Morgan fingerprint density at radius 1 is 1.25 bits per heavy atom. The molecule has 0 aliphatic rings. The van der Waals surface area contributed by atoms with E-state index < -0.39 is 0 Å². The van der Waals surface area contributed by atoms with Crippen molar-refractivity contribution in [2.45, 2.75) is 13.8 Å². The van der Waals surface area contributed by atoms with Crippen molar-refractivity contribution in [1.82, 2.24) is 0 Å². The van der Waals surface area contributed by atoms with Gasteiger partial charge in [-0.3, -0.25) is 4.79 Å². The molecule has 0 amide bonds. The SMILES string of the molecule is CC(=O)c1c(C)sc(Br)c1-c1ccccc1. The Balaban J connectivity index is 2.69. The van der Waals surface area contributed by atoms with E-state index >= 15 is 0 Å². The van der Waals surface area contributed by atoms with E-state index in [0.29, 0.717) is 0 Å². The number of carbonyl (C=O) groups excluding carboxylic acids is 1. The lowest BCUT2D eigenvalue weighted by atomic mass is 10.0. The fraction of sp³-hybridized carbons (Fsp3) is 0.154. The summed E-state index contributed by atoms with van der Waals surface area (Å²) in [4.78, 5) is 12.7. The smallest absolute Gasteiger partial charge is 0.161 e. The van der Waals surface area contributed by atoms with Gasteiger partial charge in [-0.2, -0.15) is 0 Å². The number of thiophene rings is 1. The van der Waals surface area contributed by atoms with Crippen molar-refractivity contribution in [1.29, 1.82) is 0 Å². The van der Waals surface area contributed by atoms with Crippen molar-refractivity contribution in [3.05, 3.63) is 44.6 Å². The largest absolute Gasteiger partial charge is 0.294 e. The quantitative estimate of drug-likeness (QED) is 0.735. The molecule has 82 valence electrons. The number of rotatable bonds is 2. The lowest BCUT2D eigenvalue weighted by Crippen LogP contribution is -1.94. The zero-order valence-electron chi connectivity index (χ0n) is 9.08. The Hall–Kier alpha value is -0.930. The maximum absolute atomic E-state index is 11.7. The summed E-state index contributed by atoms with van der Waals surface area (Å²) < 4.78 is 1.03. The molecule has 2 rings (SSSR count). The monoisotopic (exact) mass is 294 g/mol. The number of benzene rings is 1. The molecule has 0 fully saturated rings. The average Bonchev–Trinajstić information content (AvgIpc) is 2.55. The van der Waals surface area contributed by atoms with E-state index in [4.69, 9.17) is 0 Å². The van der Waals surface area contributed by atoms with Crippen LogP contribution < -0.4 is 0 Å². The molecule has 0 spiro atoms. The molecule has 0 aliphatic heterocycles. The first-order valence-corrected chi connectivity index (χ1v) is 6.57. The number of hydrogen-bond acceptors (Lipinski definition) is 2. The predicted molar refractivity (Wildman–Crippen MR) is 72.2 cm³/mol. The van der Waals surface area contributed by atoms with Gasteiger partial charge in [0.25, 0.3) is 0 Å². The summed E-state index contributed by atoms with van der Waals surface area (Å²) in [5.74, 6) is 0.123. The van der Waals surface area contributed by atoms with Crippen LogP contribution >= 0.6 is 27.3 Å². The van der Waals surface area contributed by atoms with Crippen LogP contribution in [0.15, 0.2) is 34.1 Å². The van der Waals surface area contributed by atoms with Gasteiger partial charge in [0.1, 0.15) is 0 Å². The summed E-state index contributed by atoms with van der Waals surface area (Å²) in [5.41, 5.74) is 2.95. The summed E-state index contributed by atoms with van der Waals surface area (Å²) in [6.07, 6.45) is 0. The predicted octanol–water partition coefficient (Wildman–Crippen LogP) is 4.69. The minimum absolute atomic E-state index is 0.123. The van der Waals surface area contributed by atoms with Gasteiger partial charge in [-0.15, -0.1) is 11.3 Å². The van der Waals surface area contributed by atoms with Gasteiger partial charge < -0.3 is 0 Å². The van der Waals surface area contributed by atoms with Gasteiger partial charge in [0.2, 0.25) is 0 Å². The number of ketones is 1. The molecule has 1 aromatic heterocycles. The first-order valence-electron chi connectivity index (χ1n) is 4.96. The van der Waals surface area contributed by atoms with Crippen LogP contribution in [0.5, 0.6) is 0 Å². The van der Waals surface area contributed by atoms with Gasteiger partial charge in [0.15, 0.2) is 5.78 Å². The number of Topliss-reactive ketones (excluding diaryl/α,β-unsaturated/α-hetero) is 1. The Bertz CT molecular complexity index is 528. The van der Waals surface area contributed by atoms with Crippen LogP contribution in [0.4, 0.5) is 0 Å². The second-order valence-corrected chi connectivity index (χ2v) is 6.15. The van der Waals surface area contributed by atoms with E-state index in [1.165, 1.54) is 0 Å². The number of aryl methyl sites for hydroxylation is 1. The highest BCUT2D eigenvalue weighted by atomic mass is 79.9. The van der Waals surface area contributed by atoms with Crippen molar-refractivity contribution >= 4 is 33.0 Å². The fourth-order valence-electron chi connectivity index (χ4n) is 1.80. The van der Waals surface area contributed by atoms with Crippen molar-refractivity contribution in [2.24, 2.45) is 0 Å². The lowest BCUT2D eigenvalue weighted by molar-refractivity contribution is 0.101. The summed E-state index contributed by atoms with van der Waals surface area (Å²) in [5, 5.41) is 0. The van der Waals surface area contributed by atoms with E-state index in [9.17, 15) is 4.79 Å². The fourth-order valence-corrected chi connectivity index (χ4v) is 3.89. The van der Waals surface area contributed by atoms with Crippen molar-refractivity contribution in [2.75, 3.05) is 0 Å². The van der Waals surface area contributed by atoms with E-state index in [-0.39, 0.29) is 5.78 Å². The molecule has 1 heterocycles. The Kier molecular flexibility index (Phi) is 3.26. The molecule has 0 aliphatic carbocycles. The van der Waals surface area contributed by atoms with Gasteiger partial charge in [-0.05, 0) is 35.3 Å². The third kappa shape index (κ3) is 1.97. The average molecular weight is 295 g/mol. The van der Waals surface area contributed by atoms with Crippen molar-refractivity contribution < 1.29 is 4.79 Å². The standard InChI is InChI=1S/C13H11BrOS/c1-8(15)11-9(2)16-13(14)12(11)10-6-4-3-5-7-10/h3-7H,1-2H3. The molecule has 0 bridgehead atoms. The molecule has 2 aromatic rings. The molecule has 0 atom stereocenters. The minimum atomic E-state index is 0.123. The first-order chi connectivity index (χ1) is 7.61. The molecule has 0 saturated carbocycles. The number of carbonyl (C=O) groups is 1. The highest BCUT2D eigenvalue weighted by Gasteiger charge is 2.18. The maximum atomic E-state index is 11.7. The molecule has 0 N–H and O–H groups in total. The lowest BCUT2D eigenvalue weighted by Gasteiger charge is -2.03. The van der Waals surface area contributed by atoms with E-state index in [1.54, 1.807) is 18.3 Å². The second kappa shape index (κ2) is 4.52. The van der Waals surface area contributed by atoms with Gasteiger partial charge in [0, 0.05) is 16.0 Å². The van der Waals surface area contributed by atoms with Crippen LogP contribution in [0.2, 0.25) is 0 Å². The molecule has 16 heavy (non-hydrogen) atoms. The van der Waals surface area contributed by atoms with Crippen LogP contribution in [0, 0.1) is 6.92 Å². The second-order valence-electron chi connectivity index (χ2n) is 3.60. The van der Waals surface area contributed by atoms with Crippen molar-refractivity contribution in [3.8, 4) is 11.1 Å². The molecular formula is C13H11BrOS. The molecule has 0 saturated heterocycles. The summed E-state index contributed by atoms with van der Waals surface area (Å²) in [6.45, 7) is 3.60. The highest BCUT2D eigenvalue weighted by Crippen LogP contribution is 2.40. The normalized spacial score (nSPS) is 10.4. The minimum Gasteiger partial charge on any atom is -0.294 e. The topological polar surface area (TPSA) is 17.1 Å². The third-order valence-corrected chi connectivity index (χ3v) is 4.23. The number of halogens is 1. The molecule has 0 radical (unpaired) electrons. The van der Waals surface area contributed by atoms with Crippen LogP contribution in [0.1, 0.15) is 22.2 Å². The van der Waals surface area contributed by atoms with Crippen LogP contribution in [-0.2, 0) is 0 Å². The van der Waals surface area contributed by atoms with Gasteiger partial charge >= 0.3 is 0 Å². The van der Waals surface area contributed by atoms with Gasteiger partial charge in [-0.1, -0.05) is 30.3 Å². The van der Waals surface area contributed by atoms with E-state index in [0.717, 1.165) is 25.4 Å². The molecule has 1 nitrogen and oxygen atoms in total.